The summed E-state index contributed by atoms with van der Waals surface area (Å²) in [7, 11) is 1.67. The molecule has 1 rings (SSSR count). The minimum atomic E-state index is 0. The number of nitrogens with zero attached hydrogens (tertiary/aromatic N) is 1. The number of hydrogen-bond donors (Lipinski definition) is 2. The van der Waals surface area contributed by atoms with Gasteiger partial charge in [-0.05, 0) is 40.4 Å². The fourth-order valence-electron chi connectivity index (χ4n) is 1.59. The minimum absolute atomic E-state index is 0. The van der Waals surface area contributed by atoms with Gasteiger partial charge >= 0.3 is 0 Å². The average molecular weight is 442 g/mol. The number of aliphatic imine (C=N–C) groups is 1. The van der Waals surface area contributed by atoms with Crippen LogP contribution in [0.4, 0.5) is 0 Å². The molecule has 3 N–H and O–H groups in total. The number of ether oxygens (including phenoxy) is 1. The standard InChI is InChI=1S/C13H20BrN3O.HI/c1-3-8-16-13(15)17-9-7-10-5-4-6-11(14)12(10)18-2;/h4-6H,3,7-9H2,1-2H3,(H3,15,16,17);1H. The Morgan fingerprint density at radius 3 is 2.84 bits per heavy atom. The molecule has 0 bridgehead atoms. The van der Waals surface area contributed by atoms with Crippen molar-refractivity contribution in [3.63, 3.8) is 0 Å². The lowest BCUT2D eigenvalue weighted by atomic mass is 10.1. The maximum Gasteiger partial charge on any atom is 0.188 e. The molecule has 0 atom stereocenters. The van der Waals surface area contributed by atoms with Gasteiger partial charge in [0.2, 0.25) is 0 Å². The fourth-order valence-corrected chi connectivity index (χ4v) is 2.16. The molecule has 0 spiro atoms. The van der Waals surface area contributed by atoms with Crippen molar-refractivity contribution in [3.8, 4) is 5.75 Å². The SMILES string of the molecule is CCCN=C(N)NCCc1cccc(Br)c1OC.I. The van der Waals surface area contributed by atoms with Crippen LogP contribution in [0.5, 0.6) is 5.75 Å². The van der Waals surface area contributed by atoms with E-state index in [9.17, 15) is 0 Å². The number of nitrogens with one attached hydrogen (secondary N) is 1. The van der Waals surface area contributed by atoms with Crippen molar-refractivity contribution in [2.24, 2.45) is 10.7 Å². The summed E-state index contributed by atoms with van der Waals surface area (Å²) in [6, 6.07) is 6.01. The van der Waals surface area contributed by atoms with Crippen LogP contribution in [0.2, 0.25) is 0 Å². The molecule has 1 aromatic rings. The summed E-state index contributed by atoms with van der Waals surface area (Å²) in [4.78, 5) is 4.18. The van der Waals surface area contributed by atoms with Gasteiger partial charge in [0.05, 0.1) is 11.6 Å². The van der Waals surface area contributed by atoms with Gasteiger partial charge in [-0.1, -0.05) is 19.1 Å². The lowest BCUT2D eigenvalue weighted by Gasteiger charge is -2.11. The van der Waals surface area contributed by atoms with Crippen LogP contribution in [-0.4, -0.2) is 26.2 Å². The Labute approximate surface area is 140 Å². The van der Waals surface area contributed by atoms with Crippen LogP contribution >= 0.6 is 39.9 Å². The van der Waals surface area contributed by atoms with Crippen LogP contribution in [0.25, 0.3) is 0 Å². The molecule has 0 saturated heterocycles. The van der Waals surface area contributed by atoms with E-state index in [1.54, 1.807) is 7.11 Å². The highest BCUT2D eigenvalue weighted by molar-refractivity contribution is 14.0. The Morgan fingerprint density at radius 1 is 1.47 bits per heavy atom. The molecule has 0 aliphatic carbocycles. The van der Waals surface area contributed by atoms with Gasteiger partial charge in [0, 0.05) is 13.1 Å². The summed E-state index contributed by atoms with van der Waals surface area (Å²) in [6.45, 7) is 3.58. The summed E-state index contributed by atoms with van der Waals surface area (Å²) in [5, 5.41) is 3.09. The second-order valence-electron chi connectivity index (χ2n) is 3.88. The molecule has 0 unspecified atom stereocenters. The largest absolute Gasteiger partial charge is 0.495 e. The van der Waals surface area contributed by atoms with Crippen LogP contribution in [0.3, 0.4) is 0 Å². The van der Waals surface area contributed by atoms with Crippen molar-refractivity contribution in [1.82, 2.24) is 5.32 Å². The number of nitrogens with two attached hydrogens (primary N) is 1. The molecule has 0 aliphatic rings. The minimum Gasteiger partial charge on any atom is -0.495 e. The Hall–Kier alpha value is -0.500. The first-order valence-corrected chi connectivity index (χ1v) is 6.83. The molecule has 108 valence electrons. The Kier molecular flexibility index (Phi) is 10.0. The molecule has 1 aromatic carbocycles. The number of benzene rings is 1. The molecule has 0 heterocycles. The summed E-state index contributed by atoms with van der Waals surface area (Å²) >= 11 is 3.47. The summed E-state index contributed by atoms with van der Waals surface area (Å²) in [5.41, 5.74) is 6.86. The van der Waals surface area contributed by atoms with E-state index in [1.165, 1.54) is 0 Å². The van der Waals surface area contributed by atoms with E-state index < -0.39 is 0 Å². The van der Waals surface area contributed by atoms with Crippen molar-refractivity contribution in [1.29, 1.82) is 0 Å². The third kappa shape index (κ3) is 6.47. The average Bonchev–Trinajstić information content (AvgIpc) is 2.36. The third-order valence-corrected chi connectivity index (χ3v) is 3.08. The number of guanidine groups is 1. The molecule has 0 fully saturated rings. The molecule has 6 heteroatoms. The first kappa shape index (κ1) is 18.5. The summed E-state index contributed by atoms with van der Waals surface area (Å²) < 4.78 is 6.33. The predicted octanol–water partition coefficient (Wildman–Crippen LogP) is 2.93. The van der Waals surface area contributed by atoms with Gasteiger partial charge in [0.1, 0.15) is 5.75 Å². The fraction of sp³-hybridized carbons (Fsp3) is 0.462. The van der Waals surface area contributed by atoms with E-state index in [4.69, 9.17) is 10.5 Å². The zero-order valence-corrected chi connectivity index (χ0v) is 15.2. The number of rotatable bonds is 6. The maximum absolute atomic E-state index is 5.72. The molecule has 0 radical (unpaired) electrons. The van der Waals surface area contributed by atoms with E-state index in [0.717, 1.165) is 41.7 Å². The van der Waals surface area contributed by atoms with Gasteiger partial charge < -0.3 is 15.8 Å². The molecule has 19 heavy (non-hydrogen) atoms. The number of halogens is 2. The molecule has 0 aliphatic heterocycles. The van der Waals surface area contributed by atoms with Crippen molar-refractivity contribution in [3.05, 3.63) is 28.2 Å². The normalized spacial score (nSPS) is 10.8. The molecule has 0 aromatic heterocycles. The first-order chi connectivity index (χ1) is 8.69. The number of hydrogen-bond acceptors (Lipinski definition) is 2. The molecular weight excluding hydrogens is 421 g/mol. The van der Waals surface area contributed by atoms with Crippen molar-refractivity contribution in [2.45, 2.75) is 19.8 Å². The monoisotopic (exact) mass is 441 g/mol. The third-order valence-electron chi connectivity index (χ3n) is 2.46. The highest BCUT2D eigenvalue weighted by Crippen LogP contribution is 2.28. The van der Waals surface area contributed by atoms with E-state index in [2.05, 4.69) is 33.2 Å². The van der Waals surface area contributed by atoms with Crippen molar-refractivity contribution >= 4 is 45.9 Å². The summed E-state index contributed by atoms with van der Waals surface area (Å²) in [6.07, 6.45) is 1.84. The van der Waals surface area contributed by atoms with Gasteiger partial charge in [-0.2, -0.15) is 0 Å². The Balaban J connectivity index is 0.00000324. The maximum atomic E-state index is 5.72. The van der Waals surface area contributed by atoms with Gasteiger partial charge in [-0.25, -0.2) is 0 Å². The van der Waals surface area contributed by atoms with Crippen molar-refractivity contribution in [2.75, 3.05) is 20.2 Å². The van der Waals surface area contributed by atoms with E-state index in [-0.39, 0.29) is 24.0 Å². The van der Waals surface area contributed by atoms with Crippen LogP contribution in [0, 0.1) is 0 Å². The quantitative estimate of drug-likeness (QED) is 0.405. The zero-order valence-electron chi connectivity index (χ0n) is 11.3. The Morgan fingerprint density at radius 2 is 2.21 bits per heavy atom. The zero-order chi connectivity index (χ0) is 13.4. The van der Waals surface area contributed by atoms with Crippen LogP contribution in [-0.2, 0) is 6.42 Å². The van der Waals surface area contributed by atoms with Gasteiger partial charge in [-0.3, -0.25) is 4.99 Å². The highest BCUT2D eigenvalue weighted by atomic mass is 127. The molecule has 4 nitrogen and oxygen atoms in total. The topological polar surface area (TPSA) is 59.6 Å². The van der Waals surface area contributed by atoms with Gasteiger partial charge in [0.15, 0.2) is 5.96 Å². The van der Waals surface area contributed by atoms with Gasteiger partial charge in [0.25, 0.3) is 0 Å². The highest BCUT2D eigenvalue weighted by Gasteiger charge is 2.06. The lowest BCUT2D eigenvalue weighted by molar-refractivity contribution is 0.407. The van der Waals surface area contributed by atoms with Crippen LogP contribution in [0.15, 0.2) is 27.7 Å². The van der Waals surface area contributed by atoms with Crippen LogP contribution < -0.4 is 15.8 Å². The Bertz CT molecular complexity index is 413. The predicted molar refractivity (Wildman–Crippen MR) is 94.6 cm³/mol. The lowest BCUT2D eigenvalue weighted by Crippen LogP contribution is -2.33. The number of methoxy groups -OCH3 is 1. The first-order valence-electron chi connectivity index (χ1n) is 6.04. The smallest absolute Gasteiger partial charge is 0.188 e. The molecular formula is C13H21BrIN3O. The van der Waals surface area contributed by atoms with Crippen LogP contribution in [0.1, 0.15) is 18.9 Å². The second-order valence-corrected chi connectivity index (χ2v) is 4.73. The van der Waals surface area contributed by atoms with E-state index in [0.29, 0.717) is 5.96 Å². The van der Waals surface area contributed by atoms with E-state index >= 15 is 0 Å². The van der Waals surface area contributed by atoms with Gasteiger partial charge in [-0.15, -0.1) is 24.0 Å². The van der Waals surface area contributed by atoms with Crippen molar-refractivity contribution < 1.29 is 4.74 Å². The number of para-hydroxylation sites is 1. The summed E-state index contributed by atoms with van der Waals surface area (Å²) in [5.74, 6) is 1.38. The molecule has 0 saturated carbocycles. The van der Waals surface area contributed by atoms with E-state index in [1.807, 2.05) is 18.2 Å². The molecule has 0 amide bonds. The second kappa shape index (κ2) is 10.3.